The summed E-state index contributed by atoms with van der Waals surface area (Å²) in [5.74, 6) is 0. The zero-order valence-corrected chi connectivity index (χ0v) is 13.7. The van der Waals surface area contributed by atoms with Gasteiger partial charge in [0.2, 0.25) is 0 Å². The molecule has 1 unspecified atom stereocenters. The van der Waals surface area contributed by atoms with E-state index in [9.17, 15) is 0 Å². The van der Waals surface area contributed by atoms with Crippen molar-refractivity contribution in [2.75, 3.05) is 32.7 Å². The maximum Gasteiger partial charge on any atom is 0.0458 e. The largest absolute Gasteiger partial charge is 0.329 e. The Labute approximate surface area is 130 Å². The lowest BCUT2D eigenvalue weighted by Crippen LogP contribution is -2.62. The van der Waals surface area contributed by atoms with Gasteiger partial charge in [-0.05, 0) is 44.5 Å². The molecule has 0 radical (unpaired) electrons. The van der Waals surface area contributed by atoms with Crippen molar-refractivity contribution in [3.8, 4) is 0 Å². The summed E-state index contributed by atoms with van der Waals surface area (Å²) in [6.07, 6.45) is 3.70. The summed E-state index contributed by atoms with van der Waals surface area (Å²) in [5.41, 5.74) is 7.82. The lowest BCUT2D eigenvalue weighted by molar-refractivity contribution is 0.0166. The standard InChI is InChI=1S/C18H31N3/c1-3-12-21(4-2)18(15-19)11-8-13-20(16-18)14-17-9-6-5-7-10-17/h5-7,9-10H,3-4,8,11-16,19H2,1-2H3. The van der Waals surface area contributed by atoms with Crippen molar-refractivity contribution >= 4 is 0 Å². The summed E-state index contributed by atoms with van der Waals surface area (Å²) in [5, 5.41) is 0. The number of nitrogens with two attached hydrogens (primary N) is 1. The molecule has 118 valence electrons. The highest BCUT2D eigenvalue weighted by Gasteiger charge is 2.38. The first-order chi connectivity index (χ1) is 10.2. The first kappa shape index (κ1) is 16.5. The minimum Gasteiger partial charge on any atom is -0.329 e. The summed E-state index contributed by atoms with van der Waals surface area (Å²) >= 11 is 0. The van der Waals surface area contributed by atoms with E-state index in [-0.39, 0.29) is 5.54 Å². The van der Waals surface area contributed by atoms with Gasteiger partial charge in [-0.25, -0.2) is 0 Å². The molecule has 0 saturated carbocycles. The van der Waals surface area contributed by atoms with Crippen molar-refractivity contribution in [1.82, 2.24) is 9.80 Å². The van der Waals surface area contributed by atoms with E-state index in [0.717, 1.165) is 32.7 Å². The third-order valence-corrected chi connectivity index (χ3v) is 4.81. The molecule has 1 saturated heterocycles. The summed E-state index contributed by atoms with van der Waals surface area (Å²) in [7, 11) is 0. The SMILES string of the molecule is CCCN(CC)C1(CN)CCCN(Cc2ccccc2)C1. The van der Waals surface area contributed by atoms with Gasteiger partial charge in [0, 0.05) is 25.2 Å². The maximum atomic E-state index is 6.23. The second-order valence-corrected chi connectivity index (χ2v) is 6.31. The molecular formula is C18H31N3. The number of hydrogen-bond donors (Lipinski definition) is 1. The van der Waals surface area contributed by atoms with Gasteiger partial charge >= 0.3 is 0 Å². The number of piperidine rings is 1. The van der Waals surface area contributed by atoms with Crippen LogP contribution in [0.4, 0.5) is 0 Å². The fourth-order valence-corrected chi connectivity index (χ4v) is 3.74. The van der Waals surface area contributed by atoms with Crippen LogP contribution < -0.4 is 5.73 Å². The predicted octanol–water partition coefficient (Wildman–Crippen LogP) is 2.71. The smallest absolute Gasteiger partial charge is 0.0458 e. The average Bonchev–Trinajstić information content (AvgIpc) is 2.53. The Kier molecular flexibility index (Phi) is 6.22. The van der Waals surface area contributed by atoms with Gasteiger partial charge in [0.15, 0.2) is 0 Å². The quantitative estimate of drug-likeness (QED) is 0.837. The second-order valence-electron chi connectivity index (χ2n) is 6.31. The van der Waals surface area contributed by atoms with Crippen LogP contribution in [-0.2, 0) is 6.54 Å². The molecule has 0 aliphatic carbocycles. The van der Waals surface area contributed by atoms with Gasteiger partial charge < -0.3 is 5.73 Å². The lowest BCUT2D eigenvalue weighted by atomic mass is 9.86. The molecule has 3 heteroatoms. The molecule has 1 aromatic rings. The Balaban J connectivity index is 2.06. The van der Waals surface area contributed by atoms with E-state index in [1.807, 2.05) is 0 Å². The molecule has 1 atom stereocenters. The predicted molar refractivity (Wildman–Crippen MR) is 90.3 cm³/mol. The molecule has 1 aliphatic rings. The third kappa shape index (κ3) is 4.06. The molecule has 1 aliphatic heterocycles. The van der Waals surface area contributed by atoms with Crippen molar-refractivity contribution in [2.45, 2.75) is 45.2 Å². The van der Waals surface area contributed by atoms with Crippen LogP contribution in [0.25, 0.3) is 0 Å². The van der Waals surface area contributed by atoms with E-state index in [1.165, 1.54) is 31.4 Å². The molecule has 0 aromatic heterocycles. The molecule has 1 heterocycles. The van der Waals surface area contributed by atoms with E-state index in [0.29, 0.717) is 0 Å². The van der Waals surface area contributed by atoms with E-state index in [4.69, 9.17) is 5.73 Å². The molecule has 1 fully saturated rings. The van der Waals surface area contributed by atoms with E-state index < -0.39 is 0 Å². The van der Waals surface area contributed by atoms with Crippen molar-refractivity contribution in [1.29, 1.82) is 0 Å². The summed E-state index contributed by atoms with van der Waals surface area (Å²) in [6, 6.07) is 10.8. The Morgan fingerprint density at radius 2 is 2.00 bits per heavy atom. The van der Waals surface area contributed by atoms with E-state index in [1.54, 1.807) is 0 Å². The lowest BCUT2D eigenvalue weighted by Gasteiger charge is -2.49. The third-order valence-electron chi connectivity index (χ3n) is 4.81. The zero-order valence-electron chi connectivity index (χ0n) is 13.7. The van der Waals surface area contributed by atoms with Crippen molar-refractivity contribution < 1.29 is 0 Å². The molecule has 2 N–H and O–H groups in total. The van der Waals surface area contributed by atoms with Crippen LogP contribution in [0, 0.1) is 0 Å². The van der Waals surface area contributed by atoms with Crippen LogP contribution in [0.2, 0.25) is 0 Å². The van der Waals surface area contributed by atoms with Crippen molar-refractivity contribution in [3.05, 3.63) is 35.9 Å². The van der Waals surface area contributed by atoms with Crippen LogP contribution in [0.5, 0.6) is 0 Å². The molecular weight excluding hydrogens is 258 g/mol. The molecule has 2 rings (SSSR count). The van der Waals surface area contributed by atoms with Crippen LogP contribution in [0.3, 0.4) is 0 Å². The summed E-state index contributed by atoms with van der Waals surface area (Å²) < 4.78 is 0. The van der Waals surface area contributed by atoms with Crippen LogP contribution in [0.15, 0.2) is 30.3 Å². The van der Waals surface area contributed by atoms with Crippen molar-refractivity contribution in [2.24, 2.45) is 5.73 Å². The maximum absolute atomic E-state index is 6.23. The Hall–Kier alpha value is -0.900. The van der Waals surface area contributed by atoms with E-state index in [2.05, 4.69) is 54.0 Å². The van der Waals surface area contributed by atoms with Gasteiger partial charge in [0.1, 0.15) is 0 Å². The second kappa shape index (κ2) is 7.92. The number of likely N-dealkylation sites (tertiary alicyclic amines) is 1. The number of likely N-dealkylation sites (N-methyl/N-ethyl adjacent to an activating group) is 1. The Bertz CT molecular complexity index is 406. The first-order valence-corrected chi connectivity index (χ1v) is 8.45. The van der Waals surface area contributed by atoms with Gasteiger partial charge in [-0.3, -0.25) is 9.80 Å². The molecule has 1 aromatic carbocycles. The zero-order chi connectivity index (χ0) is 15.1. The molecule has 3 nitrogen and oxygen atoms in total. The van der Waals surface area contributed by atoms with Gasteiger partial charge in [0.05, 0.1) is 0 Å². The number of rotatable bonds is 7. The number of nitrogens with zero attached hydrogens (tertiary/aromatic N) is 2. The molecule has 21 heavy (non-hydrogen) atoms. The van der Waals surface area contributed by atoms with Crippen LogP contribution in [0.1, 0.15) is 38.7 Å². The summed E-state index contributed by atoms with van der Waals surface area (Å²) in [6.45, 7) is 10.9. The first-order valence-electron chi connectivity index (χ1n) is 8.45. The fraction of sp³-hybridized carbons (Fsp3) is 0.667. The van der Waals surface area contributed by atoms with Crippen molar-refractivity contribution in [3.63, 3.8) is 0 Å². The minimum atomic E-state index is 0.178. The molecule has 0 bridgehead atoms. The monoisotopic (exact) mass is 289 g/mol. The van der Waals surface area contributed by atoms with Crippen LogP contribution >= 0.6 is 0 Å². The molecule has 0 amide bonds. The van der Waals surface area contributed by atoms with Gasteiger partial charge in [-0.2, -0.15) is 0 Å². The number of hydrogen-bond acceptors (Lipinski definition) is 3. The number of benzene rings is 1. The van der Waals surface area contributed by atoms with Gasteiger partial charge in [-0.15, -0.1) is 0 Å². The highest BCUT2D eigenvalue weighted by atomic mass is 15.3. The van der Waals surface area contributed by atoms with Gasteiger partial charge in [-0.1, -0.05) is 44.2 Å². The minimum absolute atomic E-state index is 0.178. The van der Waals surface area contributed by atoms with E-state index >= 15 is 0 Å². The normalized spacial score (nSPS) is 23.6. The average molecular weight is 289 g/mol. The van der Waals surface area contributed by atoms with Crippen LogP contribution in [-0.4, -0.2) is 48.1 Å². The Morgan fingerprint density at radius 3 is 2.62 bits per heavy atom. The fourth-order valence-electron chi connectivity index (χ4n) is 3.74. The highest BCUT2D eigenvalue weighted by molar-refractivity contribution is 5.15. The topological polar surface area (TPSA) is 32.5 Å². The summed E-state index contributed by atoms with van der Waals surface area (Å²) in [4.78, 5) is 5.20. The highest BCUT2D eigenvalue weighted by Crippen LogP contribution is 2.28. The molecule has 0 spiro atoms. The van der Waals surface area contributed by atoms with Gasteiger partial charge in [0.25, 0.3) is 0 Å². The Morgan fingerprint density at radius 1 is 1.24 bits per heavy atom.